The lowest BCUT2D eigenvalue weighted by Crippen LogP contribution is -2.10. The van der Waals surface area contributed by atoms with Crippen LogP contribution in [0.15, 0.2) is 23.0 Å². The molecule has 0 saturated carbocycles. The highest BCUT2D eigenvalue weighted by molar-refractivity contribution is 7.18. The van der Waals surface area contributed by atoms with Crippen molar-refractivity contribution in [2.45, 2.75) is 39.0 Å². The van der Waals surface area contributed by atoms with Gasteiger partial charge in [-0.3, -0.25) is 14.9 Å². The number of rotatable bonds is 3. The maximum Gasteiger partial charge on any atom is 0.272 e. The summed E-state index contributed by atoms with van der Waals surface area (Å²) in [5, 5.41) is 11.8. The quantitative estimate of drug-likeness (QED) is 0.407. The number of nitro benzene ring substituents is 1. The normalized spacial score (nSPS) is 14.4. The van der Waals surface area contributed by atoms with Crippen LogP contribution in [0.1, 0.15) is 46.7 Å². The van der Waals surface area contributed by atoms with E-state index < -0.39 is 4.92 Å². The van der Waals surface area contributed by atoms with Gasteiger partial charge in [0.1, 0.15) is 10.7 Å². The number of aromatic nitrogens is 2. The molecule has 0 aliphatic heterocycles. The number of nitro groups is 1. The van der Waals surface area contributed by atoms with Crippen molar-refractivity contribution in [1.29, 1.82) is 0 Å². The summed E-state index contributed by atoms with van der Waals surface area (Å²) in [5.41, 5.74) is 2.46. The van der Waals surface area contributed by atoms with E-state index in [4.69, 9.17) is 0 Å². The van der Waals surface area contributed by atoms with E-state index in [1.165, 1.54) is 22.9 Å². The van der Waals surface area contributed by atoms with E-state index in [0.717, 1.165) is 35.9 Å². The second-order valence-corrected chi connectivity index (χ2v) is 7.92. The van der Waals surface area contributed by atoms with E-state index >= 15 is 0 Å². The SMILES string of the molecule is Cc1ccc(/C=C/c2nc3sc4c(c3c(=O)[nH]2)CCCCC4)cc1[N+](=O)[O-]. The van der Waals surface area contributed by atoms with Gasteiger partial charge < -0.3 is 4.98 Å². The summed E-state index contributed by atoms with van der Waals surface area (Å²) in [4.78, 5) is 32.8. The summed E-state index contributed by atoms with van der Waals surface area (Å²) in [6, 6.07) is 5.05. The van der Waals surface area contributed by atoms with Crippen LogP contribution in [-0.2, 0) is 12.8 Å². The molecule has 0 unspecified atom stereocenters. The van der Waals surface area contributed by atoms with Crippen LogP contribution in [0.3, 0.4) is 0 Å². The maximum absolute atomic E-state index is 12.6. The number of thiophene rings is 1. The Morgan fingerprint density at radius 2 is 2.04 bits per heavy atom. The second kappa shape index (κ2) is 7.08. The fraction of sp³-hybridized carbons (Fsp3) is 0.300. The molecule has 0 spiro atoms. The molecule has 1 aromatic carbocycles. The van der Waals surface area contributed by atoms with E-state index in [1.807, 2.05) is 6.07 Å². The first kappa shape index (κ1) is 17.6. The van der Waals surface area contributed by atoms with Gasteiger partial charge >= 0.3 is 0 Å². The summed E-state index contributed by atoms with van der Waals surface area (Å²) < 4.78 is 0. The molecule has 2 heterocycles. The largest absolute Gasteiger partial charge is 0.306 e. The van der Waals surface area contributed by atoms with E-state index in [9.17, 15) is 14.9 Å². The lowest BCUT2D eigenvalue weighted by atomic mass is 10.1. The lowest BCUT2D eigenvalue weighted by molar-refractivity contribution is -0.385. The summed E-state index contributed by atoms with van der Waals surface area (Å²) in [6.45, 7) is 1.71. The Morgan fingerprint density at radius 3 is 2.85 bits per heavy atom. The van der Waals surface area contributed by atoms with Gasteiger partial charge in [0.15, 0.2) is 0 Å². The van der Waals surface area contributed by atoms with Gasteiger partial charge in [0.25, 0.3) is 11.2 Å². The summed E-state index contributed by atoms with van der Waals surface area (Å²) >= 11 is 1.62. The van der Waals surface area contributed by atoms with Gasteiger partial charge in [0.05, 0.1) is 10.3 Å². The molecule has 1 N–H and O–H groups in total. The smallest absolute Gasteiger partial charge is 0.272 e. The molecule has 4 rings (SSSR count). The number of nitrogens with one attached hydrogen (secondary N) is 1. The zero-order valence-electron chi connectivity index (χ0n) is 14.9. The molecule has 0 radical (unpaired) electrons. The fourth-order valence-electron chi connectivity index (χ4n) is 3.54. The Morgan fingerprint density at radius 1 is 1.22 bits per heavy atom. The topological polar surface area (TPSA) is 88.9 Å². The third-order valence-electron chi connectivity index (χ3n) is 4.96. The molecule has 2 aromatic heterocycles. The summed E-state index contributed by atoms with van der Waals surface area (Å²) in [6.07, 6.45) is 8.88. The number of fused-ring (bicyclic) bond motifs is 3. The molecule has 1 aliphatic carbocycles. The molecular weight excluding hydrogens is 362 g/mol. The molecular formula is C20H19N3O3S. The first-order valence-electron chi connectivity index (χ1n) is 9.00. The predicted molar refractivity (Wildman–Crippen MR) is 108 cm³/mol. The van der Waals surface area contributed by atoms with E-state index in [0.29, 0.717) is 17.0 Å². The Labute approximate surface area is 159 Å². The maximum atomic E-state index is 12.6. The first-order chi connectivity index (χ1) is 13.0. The number of hydrogen-bond acceptors (Lipinski definition) is 5. The molecule has 0 bridgehead atoms. The minimum Gasteiger partial charge on any atom is -0.306 e. The monoisotopic (exact) mass is 381 g/mol. The number of nitrogens with zero attached hydrogens (tertiary/aromatic N) is 2. The molecule has 138 valence electrons. The van der Waals surface area contributed by atoms with Gasteiger partial charge in [0, 0.05) is 16.5 Å². The molecule has 7 heteroatoms. The number of hydrogen-bond donors (Lipinski definition) is 1. The van der Waals surface area contributed by atoms with Crippen LogP contribution in [0.2, 0.25) is 0 Å². The lowest BCUT2D eigenvalue weighted by Gasteiger charge is -2.00. The van der Waals surface area contributed by atoms with Crippen LogP contribution in [0.5, 0.6) is 0 Å². The molecule has 0 fully saturated rings. The zero-order chi connectivity index (χ0) is 19.0. The highest BCUT2D eigenvalue weighted by Gasteiger charge is 2.18. The molecule has 0 atom stereocenters. The molecule has 27 heavy (non-hydrogen) atoms. The third kappa shape index (κ3) is 3.42. The minimum absolute atomic E-state index is 0.0797. The number of benzene rings is 1. The van der Waals surface area contributed by atoms with Gasteiger partial charge in [-0.25, -0.2) is 4.98 Å². The molecule has 0 amide bonds. The van der Waals surface area contributed by atoms with Crippen LogP contribution in [0.4, 0.5) is 5.69 Å². The van der Waals surface area contributed by atoms with E-state index in [1.54, 1.807) is 36.5 Å². The Hall–Kier alpha value is -2.80. The van der Waals surface area contributed by atoms with E-state index in [2.05, 4.69) is 9.97 Å². The van der Waals surface area contributed by atoms with Gasteiger partial charge in [-0.2, -0.15) is 0 Å². The third-order valence-corrected chi connectivity index (χ3v) is 6.14. The molecule has 0 saturated heterocycles. The predicted octanol–water partition coefficient (Wildman–Crippen LogP) is 4.64. The molecule has 3 aromatic rings. The van der Waals surface area contributed by atoms with Crippen molar-refractivity contribution < 1.29 is 4.92 Å². The summed E-state index contributed by atoms with van der Waals surface area (Å²) in [7, 11) is 0. The van der Waals surface area contributed by atoms with Gasteiger partial charge in [-0.05, 0) is 49.8 Å². The van der Waals surface area contributed by atoms with Crippen LogP contribution in [-0.4, -0.2) is 14.9 Å². The fourth-order valence-corrected chi connectivity index (χ4v) is 4.81. The molecule has 1 aliphatic rings. The molecule has 6 nitrogen and oxygen atoms in total. The van der Waals surface area contributed by atoms with Crippen molar-refractivity contribution in [3.05, 3.63) is 66.1 Å². The van der Waals surface area contributed by atoms with Gasteiger partial charge in [-0.15, -0.1) is 11.3 Å². The highest BCUT2D eigenvalue weighted by atomic mass is 32.1. The van der Waals surface area contributed by atoms with Crippen LogP contribution in [0, 0.1) is 17.0 Å². The van der Waals surface area contributed by atoms with Gasteiger partial charge in [-0.1, -0.05) is 24.6 Å². The van der Waals surface area contributed by atoms with Gasteiger partial charge in [0.2, 0.25) is 0 Å². The Bertz CT molecular complexity index is 1130. The number of H-pyrrole nitrogens is 1. The van der Waals surface area contributed by atoms with E-state index in [-0.39, 0.29) is 11.2 Å². The average Bonchev–Trinajstić information content (AvgIpc) is 2.83. The van der Waals surface area contributed by atoms with Crippen molar-refractivity contribution in [3.8, 4) is 0 Å². The standard InChI is InChI=1S/C20H19N3O3S/c1-12-7-8-13(11-15(12)23(25)26)9-10-17-21-19(24)18-14-5-3-2-4-6-16(14)27-20(18)22-17/h7-11H,2-6H2,1H3,(H,21,22,24)/b10-9+. The van der Waals surface area contributed by atoms with Crippen molar-refractivity contribution in [3.63, 3.8) is 0 Å². The van der Waals surface area contributed by atoms with Crippen LogP contribution >= 0.6 is 11.3 Å². The van der Waals surface area contributed by atoms with Crippen LogP contribution in [0.25, 0.3) is 22.4 Å². The average molecular weight is 381 g/mol. The second-order valence-electron chi connectivity index (χ2n) is 6.83. The Kier molecular flexibility index (Phi) is 4.61. The van der Waals surface area contributed by atoms with Crippen molar-refractivity contribution in [1.82, 2.24) is 9.97 Å². The first-order valence-corrected chi connectivity index (χ1v) is 9.82. The van der Waals surface area contributed by atoms with Crippen LogP contribution < -0.4 is 5.56 Å². The van der Waals surface area contributed by atoms with Crippen molar-refractivity contribution >= 4 is 39.4 Å². The van der Waals surface area contributed by atoms with Crippen molar-refractivity contribution in [2.75, 3.05) is 0 Å². The number of aromatic amines is 1. The Balaban J connectivity index is 1.71. The van der Waals surface area contributed by atoms with Crippen molar-refractivity contribution in [2.24, 2.45) is 0 Å². The highest BCUT2D eigenvalue weighted by Crippen LogP contribution is 2.32. The number of aryl methyl sites for hydroxylation is 3. The minimum atomic E-state index is -0.391. The zero-order valence-corrected chi connectivity index (χ0v) is 15.8. The summed E-state index contributed by atoms with van der Waals surface area (Å²) in [5.74, 6) is 0.465.